The number of rotatable bonds is 3. The fourth-order valence-electron chi connectivity index (χ4n) is 4.11. The molecule has 2 nitrogen and oxygen atoms in total. The Balaban J connectivity index is 1.62. The molecule has 0 bridgehead atoms. The van der Waals surface area contributed by atoms with Crippen molar-refractivity contribution in [2.24, 2.45) is 5.73 Å². The lowest BCUT2D eigenvalue weighted by Gasteiger charge is -2.34. The molecule has 1 aromatic heterocycles. The summed E-state index contributed by atoms with van der Waals surface area (Å²) in [5.74, 6) is 0. The molecule has 0 saturated heterocycles. The number of fused-ring (bicyclic) bond motifs is 3. The molecule has 5 heteroatoms. The first-order valence-electron chi connectivity index (χ1n) is 8.92. The van der Waals surface area contributed by atoms with Crippen molar-refractivity contribution in [2.75, 3.05) is 0 Å². The summed E-state index contributed by atoms with van der Waals surface area (Å²) >= 11 is 0. The third-order valence-electron chi connectivity index (χ3n) is 5.48. The van der Waals surface area contributed by atoms with Gasteiger partial charge in [-0.1, -0.05) is 36.4 Å². The van der Waals surface area contributed by atoms with Gasteiger partial charge >= 0.3 is 6.18 Å². The van der Waals surface area contributed by atoms with E-state index in [-0.39, 0.29) is 0 Å². The molecule has 1 heterocycles. The van der Waals surface area contributed by atoms with Crippen molar-refractivity contribution in [3.63, 3.8) is 0 Å². The summed E-state index contributed by atoms with van der Waals surface area (Å²) in [6.45, 7) is 0. The Morgan fingerprint density at radius 3 is 2.69 bits per heavy atom. The second-order valence-corrected chi connectivity index (χ2v) is 7.23. The highest BCUT2D eigenvalue weighted by molar-refractivity contribution is 5.85. The van der Waals surface area contributed by atoms with E-state index in [0.29, 0.717) is 18.4 Å². The maximum Gasteiger partial charge on any atom is 0.416 e. The van der Waals surface area contributed by atoms with E-state index in [2.05, 4.69) is 11.1 Å². The van der Waals surface area contributed by atoms with E-state index in [0.717, 1.165) is 36.5 Å². The van der Waals surface area contributed by atoms with E-state index >= 15 is 0 Å². The number of alkyl halides is 3. The van der Waals surface area contributed by atoms with E-state index in [1.54, 1.807) is 6.07 Å². The van der Waals surface area contributed by atoms with Crippen LogP contribution in [0.2, 0.25) is 0 Å². The van der Waals surface area contributed by atoms with E-state index < -0.39 is 17.3 Å². The van der Waals surface area contributed by atoms with Crippen LogP contribution in [0.4, 0.5) is 13.2 Å². The lowest BCUT2D eigenvalue weighted by Crippen LogP contribution is -2.40. The predicted octanol–water partition coefficient (Wildman–Crippen LogP) is 5.31. The van der Waals surface area contributed by atoms with Crippen LogP contribution in [0.5, 0.6) is 0 Å². The van der Waals surface area contributed by atoms with Gasteiger partial charge in [-0.3, -0.25) is 0 Å². The number of nitrogens with one attached hydrogen (secondary N) is 1. The van der Waals surface area contributed by atoms with E-state index in [1.807, 2.05) is 18.2 Å². The third-order valence-corrected chi connectivity index (χ3v) is 5.48. The Labute approximate surface area is 150 Å². The minimum atomic E-state index is -4.31. The van der Waals surface area contributed by atoms with Crippen LogP contribution < -0.4 is 5.73 Å². The van der Waals surface area contributed by atoms with E-state index in [4.69, 9.17) is 5.73 Å². The first-order chi connectivity index (χ1) is 12.4. The number of para-hydroxylation sites is 1. The molecule has 2 aromatic carbocycles. The molecule has 0 amide bonds. The highest BCUT2D eigenvalue weighted by atomic mass is 19.4. The average Bonchev–Trinajstić information content (AvgIpc) is 3.00. The average molecular weight is 358 g/mol. The standard InChI is InChI=1S/C21H21F3N2/c22-21(23,24)15-6-3-5-14(13-15)10-12-20(25)11-4-8-17-16-7-1-2-9-18(16)26-19(17)20/h1-3,5-7,9,13,26H,4,8,10-12,25H2. The first kappa shape index (κ1) is 17.2. The molecule has 3 N–H and O–H groups in total. The highest BCUT2D eigenvalue weighted by Crippen LogP contribution is 2.40. The van der Waals surface area contributed by atoms with Gasteiger partial charge in [0.2, 0.25) is 0 Å². The molecule has 1 aliphatic carbocycles. The van der Waals surface area contributed by atoms with Crippen molar-refractivity contribution in [1.82, 2.24) is 4.98 Å². The molecule has 1 aliphatic rings. The summed E-state index contributed by atoms with van der Waals surface area (Å²) < 4.78 is 38.8. The van der Waals surface area contributed by atoms with Gasteiger partial charge < -0.3 is 10.7 Å². The minimum absolute atomic E-state index is 0.523. The van der Waals surface area contributed by atoms with Gasteiger partial charge in [-0.05, 0) is 55.4 Å². The molecule has 0 saturated carbocycles. The highest BCUT2D eigenvalue weighted by Gasteiger charge is 2.35. The fraction of sp³-hybridized carbons (Fsp3) is 0.333. The number of hydrogen-bond donors (Lipinski definition) is 2. The summed E-state index contributed by atoms with van der Waals surface area (Å²) in [4.78, 5) is 3.47. The number of benzene rings is 2. The fourth-order valence-corrected chi connectivity index (χ4v) is 4.11. The molecule has 1 unspecified atom stereocenters. The minimum Gasteiger partial charge on any atom is -0.357 e. The van der Waals surface area contributed by atoms with Crippen LogP contribution in [0.1, 0.15) is 41.6 Å². The van der Waals surface area contributed by atoms with Crippen molar-refractivity contribution in [2.45, 2.75) is 43.8 Å². The first-order valence-corrected chi connectivity index (χ1v) is 8.92. The summed E-state index contributed by atoms with van der Waals surface area (Å²) in [7, 11) is 0. The van der Waals surface area contributed by atoms with Crippen LogP contribution in [-0.4, -0.2) is 4.98 Å². The van der Waals surface area contributed by atoms with Crippen molar-refractivity contribution in [3.05, 3.63) is 70.9 Å². The Hall–Kier alpha value is -2.27. The quantitative estimate of drug-likeness (QED) is 0.655. The molecule has 0 radical (unpaired) electrons. The van der Waals surface area contributed by atoms with Gasteiger partial charge in [-0.2, -0.15) is 13.2 Å². The second kappa shape index (κ2) is 6.16. The monoisotopic (exact) mass is 358 g/mol. The Kier molecular flexibility index (Phi) is 4.07. The molecule has 1 atom stereocenters. The lowest BCUT2D eigenvalue weighted by atomic mass is 9.77. The van der Waals surface area contributed by atoms with Gasteiger partial charge in [0, 0.05) is 16.6 Å². The zero-order valence-electron chi connectivity index (χ0n) is 14.4. The topological polar surface area (TPSA) is 41.8 Å². The second-order valence-electron chi connectivity index (χ2n) is 7.23. The molecular formula is C21H21F3N2. The molecule has 0 spiro atoms. The molecule has 3 aromatic rings. The lowest BCUT2D eigenvalue weighted by molar-refractivity contribution is -0.137. The number of aryl methyl sites for hydroxylation is 2. The largest absolute Gasteiger partial charge is 0.416 e. The number of halogens is 3. The molecule has 26 heavy (non-hydrogen) atoms. The molecule has 0 aliphatic heterocycles. The summed E-state index contributed by atoms with van der Waals surface area (Å²) in [6.07, 6.45) is -0.351. The van der Waals surface area contributed by atoms with Gasteiger partial charge in [-0.15, -0.1) is 0 Å². The number of H-pyrrole nitrogens is 1. The van der Waals surface area contributed by atoms with Crippen molar-refractivity contribution in [1.29, 1.82) is 0 Å². The van der Waals surface area contributed by atoms with Gasteiger partial charge in [0.15, 0.2) is 0 Å². The van der Waals surface area contributed by atoms with Crippen molar-refractivity contribution >= 4 is 10.9 Å². The number of aromatic nitrogens is 1. The Bertz CT molecular complexity index is 942. The predicted molar refractivity (Wildman–Crippen MR) is 96.9 cm³/mol. The molecule has 0 fully saturated rings. The van der Waals surface area contributed by atoms with Crippen LogP contribution >= 0.6 is 0 Å². The summed E-state index contributed by atoms with van der Waals surface area (Å²) in [5, 5.41) is 1.20. The van der Waals surface area contributed by atoms with Crippen LogP contribution in [0.3, 0.4) is 0 Å². The zero-order valence-corrected chi connectivity index (χ0v) is 14.4. The Morgan fingerprint density at radius 2 is 1.88 bits per heavy atom. The van der Waals surface area contributed by atoms with Gasteiger partial charge in [-0.25, -0.2) is 0 Å². The summed E-state index contributed by atoms with van der Waals surface area (Å²) in [5.41, 5.74) is 9.69. The van der Waals surface area contributed by atoms with Crippen LogP contribution in [0, 0.1) is 0 Å². The van der Waals surface area contributed by atoms with Crippen molar-refractivity contribution < 1.29 is 13.2 Å². The third kappa shape index (κ3) is 3.01. The van der Waals surface area contributed by atoms with Crippen molar-refractivity contribution in [3.8, 4) is 0 Å². The van der Waals surface area contributed by atoms with E-state index in [1.165, 1.54) is 23.1 Å². The number of aromatic amines is 1. The molecule has 4 rings (SSSR count). The van der Waals surface area contributed by atoms with E-state index in [9.17, 15) is 13.2 Å². The molecule has 136 valence electrons. The maximum atomic E-state index is 12.9. The normalized spacial score (nSPS) is 20.3. The van der Waals surface area contributed by atoms with Gasteiger partial charge in [0.25, 0.3) is 0 Å². The molecular weight excluding hydrogens is 337 g/mol. The van der Waals surface area contributed by atoms with Crippen LogP contribution in [0.15, 0.2) is 48.5 Å². The number of nitrogens with two attached hydrogens (primary N) is 1. The smallest absolute Gasteiger partial charge is 0.357 e. The zero-order chi connectivity index (χ0) is 18.4. The van der Waals surface area contributed by atoms with Crippen LogP contribution in [-0.2, 0) is 24.6 Å². The van der Waals surface area contributed by atoms with Crippen LogP contribution in [0.25, 0.3) is 10.9 Å². The van der Waals surface area contributed by atoms with Gasteiger partial charge in [0.05, 0.1) is 11.1 Å². The van der Waals surface area contributed by atoms with Gasteiger partial charge in [0.1, 0.15) is 0 Å². The SMILES string of the molecule is NC1(CCc2cccc(C(F)(F)F)c2)CCCc2c1[nH]c1ccccc21. The maximum absolute atomic E-state index is 12.9. The Morgan fingerprint density at radius 1 is 1.08 bits per heavy atom. The number of hydrogen-bond acceptors (Lipinski definition) is 1. The summed E-state index contributed by atoms with van der Waals surface area (Å²) in [6, 6.07) is 13.7.